The molecular formula is C23H32BrN7O2S. The summed E-state index contributed by atoms with van der Waals surface area (Å²) < 4.78 is 27.7. The normalized spacial score (nSPS) is 22.5. The van der Waals surface area contributed by atoms with Crippen molar-refractivity contribution in [1.82, 2.24) is 19.2 Å². The van der Waals surface area contributed by atoms with Gasteiger partial charge in [-0.1, -0.05) is 0 Å². The van der Waals surface area contributed by atoms with Crippen molar-refractivity contribution in [3.8, 4) is 0 Å². The molecule has 5 rings (SSSR count). The van der Waals surface area contributed by atoms with Crippen LogP contribution in [0, 0.1) is 0 Å². The third-order valence-corrected chi connectivity index (χ3v) is 9.71. The lowest BCUT2D eigenvalue weighted by Gasteiger charge is -2.34. The van der Waals surface area contributed by atoms with Crippen molar-refractivity contribution >= 4 is 49.1 Å². The molecule has 9 nitrogen and oxygen atoms in total. The Hall–Kier alpha value is -1.95. The molecule has 3 heterocycles. The van der Waals surface area contributed by atoms with Crippen molar-refractivity contribution in [2.24, 2.45) is 0 Å². The summed E-state index contributed by atoms with van der Waals surface area (Å²) in [7, 11) is -0.998. The number of aromatic nitrogens is 2. The van der Waals surface area contributed by atoms with Crippen molar-refractivity contribution in [1.29, 1.82) is 0 Å². The van der Waals surface area contributed by atoms with E-state index in [1.807, 2.05) is 12.1 Å². The van der Waals surface area contributed by atoms with E-state index in [1.165, 1.54) is 5.69 Å². The maximum Gasteiger partial charge on any atom is 0.229 e. The largest absolute Gasteiger partial charge is 0.369 e. The second kappa shape index (κ2) is 9.96. The number of anilines is 4. The molecule has 3 fully saturated rings. The van der Waals surface area contributed by atoms with Crippen LogP contribution in [-0.2, 0) is 10.0 Å². The summed E-state index contributed by atoms with van der Waals surface area (Å²) in [5.74, 6) is 1.17. The minimum absolute atomic E-state index is 0.0178. The first-order chi connectivity index (χ1) is 16.4. The Morgan fingerprint density at radius 3 is 2.47 bits per heavy atom. The molecular weight excluding hydrogens is 518 g/mol. The number of piperidine rings is 1. The van der Waals surface area contributed by atoms with Crippen LogP contribution in [0.3, 0.4) is 0 Å². The Morgan fingerprint density at radius 1 is 1.03 bits per heavy atom. The fraction of sp³-hybridized carbons (Fsp3) is 0.565. The van der Waals surface area contributed by atoms with Gasteiger partial charge in [-0.15, -0.1) is 0 Å². The first kappa shape index (κ1) is 23.8. The average molecular weight is 551 g/mol. The molecule has 1 atom stereocenters. The Bertz CT molecular complexity index is 1100. The van der Waals surface area contributed by atoms with Crippen LogP contribution in [0.15, 0.2) is 34.9 Å². The standard InChI is InChI=1S/C23H32BrN7O2S/c1-29-11-13-30(14-12-29)19-6-4-17(5-7-19)27-23-25-15-21(24)22(28-23)26-18-3-2-10-31(16-18)34(32,33)20-8-9-20/h4-7,15,18,20H,2-3,8-14,16H2,1H3,(H2,25,26,27,28)/t18-/m1/s1. The molecule has 2 N–H and O–H groups in total. The maximum atomic E-state index is 12.7. The molecule has 1 aromatic heterocycles. The predicted octanol–water partition coefficient (Wildman–Crippen LogP) is 3.10. The third-order valence-electron chi connectivity index (χ3n) is 6.77. The van der Waals surface area contributed by atoms with Gasteiger partial charge in [0.05, 0.1) is 9.72 Å². The smallest absolute Gasteiger partial charge is 0.229 e. The average Bonchev–Trinajstić information content (AvgIpc) is 3.69. The fourth-order valence-corrected chi connectivity index (χ4v) is 6.77. The number of hydrogen-bond donors (Lipinski definition) is 2. The molecule has 2 saturated heterocycles. The van der Waals surface area contributed by atoms with Crippen LogP contribution in [0.1, 0.15) is 25.7 Å². The summed E-state index contributed by atoms with van der Waals surface area (Å²) in [6, 6.07) is 8.37. The molecule has 1 aliphatic carbocycles. The molecule has 0 spiro atoms. The topological polar surface area (TPSA) is 93.7 Å². The molecule has 0 unspecified atom stereocenters. The number of nitrogens with one attached hydrogen (secondary N) is 2. The van der Waals surface area contributed by atoms with Crippen molar-refractivity contribution in [3.63, 3.8) is 0 Å². The van der Waals surface area contributed by atoms with Gasteiger partial charge in [-0.05, 0) is 72.9 Å². The number of piperazine rings is 1. The molecule has 3 aliphatic rings. The Labute approximate surface area is 210 Å². The lowest BCUT2D eigenvalue weighted by molar-refractivity contribution is 0.313. The molecule has 0 bridgehead atoms. The van der Waals surface area contributed by atoms with Gasteiger partial charge in [-0.2, -0.15) is 9.29 Å². The molecule has 34 heavy (non-hydrogen) atoms. The molecule has 11 heteroatoms. The molecule has 1 aromatic carbocycles. The van der Waals surface area contributed by atoms with Crippen LogP contribution in [0.4, 0.5) is 23.1 Å². The van der Waals surface area contributed by atoms with E-state index in [-0.39, 0.29) is 11.3 Å². The first-order valence-corrected chi connectivity index (χ1v) is 14.3. The van der Waals surface area contributed by atoms with E-state index in [2.05, 4.69) is 65.5 Å². The maximum absolute atomic E-state index is 12.7. The lowest BCUT2D eigenvalue weighted by Crippen LogP contribution is -2.46. The summed E-state index contributed by atoms with van der Waals surface area (Å²) in [6.45, 7) is 5.32. The van der Waals surface area contributed by atoms with E-state index in [4.69, 9.17) is 0 Å². The predicted molar refractivity (Wildman–Crippen MR) is 139 cm³/mol. The molecule has 1 saturated carbocycles. The fourth-order valence-electron chi connectivity index (χ4n) is 4.54. The zero-order valence-corrected chi connectivity index (χ0v) is 21.9. The highest BCUT2D eigenvalue weighted by atomic mass is 79.9. The van der Waals surface area contributed by atoms with Crippen LogP contribution < -0.4 is 15.5 Å². The van der Waals surface area contributed by atoms with Gasteiger partial charge >= 0.3 is 0 Å². The summed E-state index contributed by atoms with van der Waals surface area (Å²) in [6.07, 6.45) is 5.05. The zero-order valence-electron chi connectivity index (χ0n) is 19.5. The van der Waals surface area contributed by atoms with Gasteiger partial charge < -0.3 is 20.4 Å². The number of rotatable bonds is 7. The van der Waals surface area contributed by atoms with E-state index < -0.39 is 10.0 Å². The Balaban J connectivity index is 1.22. The number of nitrogens with zero attached hydrogens (tertiary/aromatic N) is 5. The van der Waals surface area contributed by atoms with Crippen molar-refractivity contribution < 1.29 is 8.42 Å². The monoisotopic (exact) mass is 549 g/mol. The number of sulfonamides is 1. The third kappa shape index (κ3) is 5.48. The van der Waals surface area contributed by atoms with E-state index >= 15 is 0 Å². The quantitative estimate of drug-likeness (QED) is 0.544. The van der Waals surface area contributed by atoms with Gasteiger partial charge in [0.1, 0.15) is 5.82 Å². The van der Waals surface area contributed by atoms with Crippen molar-refractivity contribution in [3.05, 3.63) is 34.9 Å². The van der Waals surface area contributed by atoms with E-state index in [1.54, 1.807) is 10.5 Å². The van der Waals surface area contributed by atoms with Gasteiger partial charge in [0, 0.05) is 62.9 Å². The van der Waals surface area contributed by atoms with Crippen LogP contribution in [0.5, 0.6) is 0 Å². The summed E-state index contributed by atoms with van der Waals surface area (Å²) in [5, 5.41) is 6.55. The molecule has 0 amide bonds. The summed E-state index contributed by atoms with van der Waals surface area (Å²) in [4.78, 5) is 13.8. The molecule has 184 valence electrons. The molecule has 0 radical (unpaired) electrons. The van der Waals surface area contributed by atoms with Crippen LogP contribution in [0.25, 0.3) is 0 Å². The van der Waals surface area contributed by atoms with Crippen LogP contribution in [0.2, 0.25) is 0 Å². The molecule has 2 aliphatic heterocycles. The summed E-state index contributed by atoms with van der Waals surface area (Å²) >= 11 is 3.53. The van der Waals surface area contributed by atoms with Gasteiger partial charge in [-0.3, -0.25) is 0 Å². The number of likely N-dealkylation sites (N-methyl/N-ethyl adjacent to an activating group) is 1. The van der Waals surface area contributed by atoms with Gasteiger partial charge in [0.25, 0.3) is 0 Å². The van der Waals surface area contributed by atoms with Gasteiger partial charge in [0.2, 0.25) is 16.0 Å². The highest BCUT2D eigenvalue weighted by molar-refractivity contribution is 9.10. The Kier molecular flexibility index (Phi) is 6.97. The second-order valence-electron chi connectivity index (χ2n) is 9.44. The minimum atomic E-state index is -3.16. The van der Waals surface area contributed by atoms with E-state index in [0.29, 0.717) is 24.9 Å². The minimum Gasteiger partial charge on any atom is -0.369 e. The highest BCUT2D eigenvalue weighted by Crippen LogP contribution is 2.33. The zero-order chi connectivity index (χ0) is 23.7. The van der Waals surface area contributed by atoms with E-state index in [0.717, 1.165) is 62.0 Å². The second-order valence-corrected chi connectivity index (χ2v) is 12.5. The Morgan fingerprint density at radius 2 is 1.76 bits per heavy atom. The lowest BCUT2D eigenvalue weighted by atomic mass is 10.1. The van der Waals surface area contributed by atoms with Crippen molar-refractivity contribution in [2.45, 2.75) is 37.0 Å². The molecule has 2 aromatic rings. The van der Waals surface area contributed by atoms with Crippen molar-refractivity contribution in [2.75, 3.05) is 61.8 Å². The van der Waals surface area contributed by atoms with Crippen LogP contribution >= 0.6 is 15.9 Å². The van der Waals surface area contributed by atoms with Gasteiger partial charge in [0.15, 0.2) is 0 Å². The number of benzene rings is 1. The van der Waals surface area contributed by atoms with E-state index in [9.17, 15) is 8.42 Å². The number of hydrogen-bond acceptors (Lipinski definition) is 8. The first-order valence-electron chi connectivity index (χ1n) is 12.0. The number of halogens is 1. The summed E-state index contributed by atoms with van der Waals surface area (Å²) in [5.41, 5.74) is 2.14. The van der Waals surface area contributed by atoms with Gasteiger partial charge in [-0.25, -0.2) is 13.4 Å². The highest BCUT2D eigenvalue weighted by Gasteiger charge is 2.41. The van der Waals surface area contributed by atoms with Crippen LogP contribution in [-0.4, -0.2) is 85.2 Å². The SMILES string of the molecule is CN1CCN(c2ccc(Nc3ncc(Br)c(N[C@@H]4CCCN(S(=O)(=O)C5CC5)C4)n3)cc2)CC1.